The van der Waals surface area contributed by atoms with Crippen LogP contribution in [0, 0.1) is 0 Å². The summed E-state index contributed by atoms with van der Waals surface area (Å²) in [5.74, 6) is -0.574. The number of hydrogen-bond acceptors (Lipinski definition) is 5. The fraction of sp³-hybridized carbons (Fsp3) is 0.753. The summed E-state index contributed by atoms with van der Waals surface area (Å²) < 4.78 is 10.8. The third kappa shape index (κ3) is 73.0. The van der Waals surface area contributed by atoms with Crippen molar-refractivity contribution < 1.29 is 24.2 Å². The predicted molar refractivity (Wildman–Crippen MR) is 380 cm³/mol. The van der Waals surface area contributed by atoms with Crippen LogP contribution in [0.4, 0.5) is 0 Å². The molecular weight excluding hydrogens is 1050 g/mol. The second-order valence-electron chi connectivity index (χ2n) is 25.0. The lowest BCUT2D eigenvalue weighted by molar-refractivity contribution is -0.161. The summed E-state index contributed by atoms with van der Waals surface area (Å²) in [4.78, 5) is 24.7. The third-order valence-corrected chi connectivity index (χ3v) is 16.6. The van der Waals surface area contributed by atoms with Gasteiger partial charge < -0.3 is 14.6 Å². The number of unbranched alkanes of at least 4 members (excludes halogenated alkanes) is 43. The van der Waals surface area contributed by atoms with E-state index in [0.717, 1.165) is 89.9 Å². The molecule has 0 aromatic heterocycles. The van der Waals surface area contributed by atoms with Gasteiger partial charge in [-0.2, -0.15) is 0 Å². The molecule has 1 N–H and O–H groups in total. The van der Waals surface area contributed by atoms with Gasteiger partial charge in [-0.15, -0.1) is 0 Å². The Balaban J connectivity index is 3.43. The zero-order chi connectivity index (χ0) is 61.9. The maximum atomic E-state index is 12.4. The van der Waals surface area contributed by atoms with Crippen LogP contribution in [0.3, 0.4) is 0 Å². The molecule has 0 aromatic carbocycles. The van der Waals surface area contributed by atoms with Crippen molar-refractivity contribution in [2.24, 2.45) is 0 Å². The first-order valence-corrected chi connectivity index (χ1v) is 37.4. The van der Waals surface area contributed by atoms with Crippen molar-refractivity contribution in [2.45, 2.75) is 380 Å². The van der Waals surface area contributed by atoms with E-state index < -0.39 is 6.10 Å². The Morgan fingerprint density at radius 1 is 0.279 bits per heavy atom. The lowest BCUT2D eigenvalue weighted by Gasteiger charge is -2.15. The van der Waals surface area contributed by atoms with Crippen LogP contribution in [-0.2, 0) is 19.1 Å². The Morgan fingerprint density at radius 2 is 0.500 bits per heavy atom. The smallest absolute Gasteiger partial charge is 0.306 e. The maximum absolute atomic E-state index is 12.4. The van der Waals surface area contributed by atoms with Crippen LogP contribution in [0.15, 0.2) is 109 Å². The molecule has 496 valence electrons. The van der Waals surface area contributed by atoms with Crippen molar-refractivity contribution in [1.29, 1.82) is 0 Å². The molecule has 0 aromatic rings. The van der Waals surface area contributed by atoms with Gasteiger partial charge in [-0.3, -0.25) is 9.59 Å². The van der Waals surface area contributed by atoms with Gasteiger partial charge in [-0.1, -0.05) is 367 Å². The molecule has 5 heteroatoms. The van der Waals surface area contributed by atoms with E-state index in [2.05, 4.69) is 123 Å². The lowest BCUT2D eigenvalue weighted by Crippen LogP contribution is -2.28. The molecule has 0 amide bonds. The topological polar surface area (TPSA) is 72.8 Å². The van der Waals surface area contributed by atoms with E-state index in [-0.39, 0.29) is 25.2 Å². The first-order chi connectivity index (χ1) is 42.6. The Hall–Kier alpha value is -3.44. The summed E-state index contributed by atoms with van der Waals surface area (Å²) in [6.45, 7) is 4.05. The Morgan fingerprint density at radius 3 is 0.756 bits per heavy atom. The molecule has 0 aliphatic carbocycles. The van der Waals surface area contributed by atoms with Crippen molar-refractivity contribution in [3.05, 3.63) is 109 Å². The highest BCUT2D eigenvalue weighted by molar-refractivity contribution is 5.70. The standard InChI is InChI=1S/C81H142O5/c1-3-5-7-9-11-13-15-17-19-21-23-25-27-29-31-33-35-37-38-39-40-41-42-44-46-48-50-52-54-56-58-60-62-64-66-68-70-72-74-76-81(84)86-79(77-82)78-85-80(83)75-73-71-69-67-65-63-61-59-57-55-53-51-49-47-45-43-36-34-32-30-28-26-24-22-20-18-16-14-12-10-8-6-4-2/h5,7,11,13,16-19,22-25,28-31,35,37,79,82H,3-4,6,8-10,12,14-15,20-21,26-27,32-34,36,38-78H2,1-2H3/b7-5-,13-11-,18-16-,19-17-,24-22-,25-23-,30-28-,31-29-,37-35-. The van der Waals surface area contributed by atoms with Gasteiger partial charge in [0, 0.05) is 12.8 Å². The van der Waals surface area contributed by atoms with Gasteiger partial charge in [0.25, 0.3) is 0 Å². The summed E-state index contributed by atoms with van der Waals surface area (Å²) in [6.07, 6.45) is 110. The molecule has 0 saturated carbocycles. The Labute approximate surface area is 535 Å². The Kier molecular flexibility index (Phi) is 72.8. The zero-order valence-corrected chi connectivity index (χ0v) is 57.1. The molecular formula is C81H142O5. The number of aliphatic hydroxyl groups excluding tert-OH is 1. The molecule has 86 heavy (non-hydrogen) atoms. The average Bonchev–Trinajstić information content (AvgIpc) is 3.55. The third-order valence-electron chi connectivity index (χ3n) is 16.6. The number of esters is 2. The van der Waals surface area contributed by atoms with E-state index in [1.807, 2.05) is 0 Å². The van der Waals surface area contributed by atoms with E-state index in [4.69, 9.17) is 9.47 Å². The molecule has 1 atom stereocenters. The number of allylic oxidation sites excluding steroid dienone is 18. The lowest BCUT2D eigenvalue weighted by atomic mass is 10.0. The van der Waals surface area contributed by atoms with Crippen molar-refractivity contribution >= 4 is 11.9 Å². The molecule has 1 unspecified atom stereocenters. The fourth-order valence-electron chi connectivity index (χ4n) is 11.0. The molecule has 5 nitrogen and oxygen atoms in total. The van der Waals surface area contributed by atoms with E-state index in [1.165, 1.54) is 257 Å². The van der Waals surface area contributed by atoms with Crippen LogP contribution in [-0.4, -0.2) is 36.4 Å². The van der Waals surface area contributed by atoms with Gasteiger partial charge >= 0.3 is 11.9 Å². The van der Waals surface area contributed by atoms with E-state index >= 15 is 0 Å². The normalized spacial score (nSPS) is 12.8. The molecule has 0 heterocycles. The van der Waals surface area contributed by atoms with Crippen molar-refractivity contribution in [2.75, 3.05) is 13.2 Å². The molecule has 0 rings (SSSR count). The number of hydrogen-bond donors (Lipinski definition) is 1. The summed E-state index contributed by atoms with van der Waals surface area (Å²) >= 11 is 0. The van der Waals surface area contributed by atoms with Crippen LogP contribution in [0.1, 0.15) is 373 Å². The first kappa shape index (κ1) is 82.6. The molecule has 0 aliphatic rings. The van der Waals surface area contributed by atoms with Crippen molar-refractivity contribution in [1.82, 2.24) is 0 Å². The van der Waals surface area contributed by atoms with Crippen LogP contribution in [0.25, 0.3) is 0 Å². The van der Waals surface area contributed by atoms with Crippen LogP contribution in [0.5, 0.6) is 0 Å². The second-order valence-corrected chi connectivity index (χ2v) is 25.0. The van der Waals surface area contributed by atoms with E-state index in [9.17, 15) is 14.7 Å². The minimum atomic E-state index is -0.776. The van der Waals surface area contributed by atoms with E-state index in [1.54, 1.807) is 0 Å². The van der Waals surface area contributed by atoms with Crippen LogP contribution < -0.4 is 0 Å². The van der Waals surface area contributed by atoms with Gasteiger partial charge in [0.1, 0.15) is 6.61 Å². The van der Waals surface area contributed by atoms with Gasteiger partial charge in [0.15, 0.2) is 6.10 Å². The highest BCUT2D eigenvalue weighted by atomic mass is 16.6. The highest BCUT2D eigenvalue weighted by Gasteiger charge is 2.16. The number of carbonyl (C=O) groups is 2. The minimum Gasteiger partial charge on any atom is -0.462 e. The predicted octanol–water partition coefficient (Wildman–Crippen LogP) is 26.3. The van der Waals surface area contributed by atoms with Gasteiger partial charge in [0.05, 0.1) is 6.61 Å². The summed E-state index contributed by atoms with van der Waals surface area (Å²) in [5.41, 5.74) is 0. The Bertz CT molecular complexity index is 1640. The van der Waals surface area contributed by atoms with Gasteiger partial charge in [0.2, 0.25) is 0 Å². The molecule has 0 radical (unpaired) electrons. The molecule has 0 spiro atoms. The minimum absolute atomic E-state index is 0.0644. The number of ether oxygens (including phenoxy) is 2. The van der Waals surface area contributed by atoms with Gasteiger partial charge in [-0.05, 0) is 103 Å². The summed E-state index contributed by atoms with van der Waals surface area (Å²) in [6, 6.07) is 0. The quantitative estimate of drug-likeness (QED) is 0.0373. The highest BCUT2D eigenvalue weighted by Crippen LogP contribution is 2.18. The monoisotopic (exact) mass is 1200 g/mol. The first-order valence-electron chi connectivity index (χ1n) is 37.4. The summed E-state index contributed by atoms with van der Waals surface area (Å²) in [5, 5.41) is 9.72. The molecule has 0 fully saturated rings. The van der Waals surface area contributed by atoms with Crippen molar-refractivity contribution in [3.8, 4) is 0 Å². The number of rotatable bonds is 69. The molecule has 0 bridgehead atoms. The molecule has 0 aliphatic heterocycles. The van der Waals surface area contributed by atoms with Gasteiger partial charge in [-0.25, -0.2) is 0 Å². The second kappa shape index (κ2) is 75.8. The van der Waals surface area contributed by atoms with E-state index in [0.29, 0.717) is 12.8 Å². The number of carbonyl (C=O) groups excluding carboxylic acids is 2. The summed E-state index contributed by atoms with van der Waals surface area (Å²) in [7, 11) is 0. The largest absolute Gasteiger partial charge is 0.462 e. The fourth-order valence-corrected chi connectivity index (χ4v) is 11.0. The van der Waals surface area contributed by atoms with Crippen molar-refractivity contribution in [3.63, 3.8) is 0 Å². The molecule has 0 saturated heterocycles. The number of aliphatic hydroxyl groups is 1. The zero-order valence-electron chi connectivity index (χ0n) is 57.1. The average molecular weight is 1200 g/mol. The SMILES string of the molecule is CC/C=C\C/C=C\C/C=C\C/C=C\C/C=C\C/C=C\CCCCCCCCCCCCCCCCCCCCCCC(=O)OC(CO)COC(=O)CCCCCCCCCCCCCCCCCCCC/C=C\C/C=C\C/C=C\CCCCCCC. The van der Waals surface area contributed by atoms with Crippen LogP contribution in [0.2, 0.25) is 0 Å². The van der Waals surface area contributed by atoms with Crippen LogP contribution >= 0.6 is 0 Å². The maximum Gasteiger partial charge on any atom is 0.306 e.